The maximum Gasteiger partial charge on any atom is 0.408 e. The zero-order valence-electron chi connectivity index (χ0n) is 17.6. The van der Waals surface area contributed by atoms with Crippen LogP contribution in [0.25, 0.3) is 10.9 Å². The summed E-state index contributed by atoms with van der Waals surface area (Å²) in [5, 5.41) is 4.57. The fraction of sp³-hybridized carbons (Fsp3) is 0.364. The van der Waals surface area contributed by atoms with Crippen molar-refractivity contribution in [3.63, 3.8) is 0 Å². The summed E-state index contributed by atoms with van der Waals surface area (Å²) in [6.07, 6.45) is -2.28. The Morgan fingerprint density at radius 3 is 2.73 bits per heavy atom. The lowest BCUT2D eigenvalue weighted by Gasteiger charge is -2.19. The van der Waals surface area contributed by atoms with Crippen molar-refractivity contribution in [3.8, 4) is 0 Å². The number of aromatic nitrogens is 3. The summed E-state index contributed by atoms with van der Waals surface area (Å²) in [4.78, 5) is 30.2. The molecule has 1 fully saturated rings. The second kappa shape index (κ2) is 9.18. The molecule has 174 valence electrons. The molecular weight excluding hydrogens is 439 g/mol. The van der Waals surface area contributed by atoms with Crippen LogP contribution in [0.15, 0.2) is 36.5 Å². The Morgan fingerprint density at radius 2 is 1.97 bits per heavy atom. The van der Waals surface area contributed by atoms with Gasteiger partial charge >= 0.3 is 6.18 Å². The van der Waals surface area contributed by atoms with E-state index in [0.717, 1.165) is 4.68 Å². The molecule has 33 heavy (non-hydrogen) atoms. The van der Waals surface area contributed by atoms with E-state index in [0.29, 0.717) is 54.9 Å². The monoisotopic (exact) mass is 461 g/mol. The molecule has 0 saturated carbocycles. The normalized spacial score (nSPS) is 14.9. The summed E-state index contributed by atoms with van der Waals surface area (Å²) in [6.45, 7) is 0.521. The van der Waals surface area contributed by atoms with Gasteiger partial charge in [-0.1, -0.05) is 12.1 Å². The quantitative estimate of drug-likeness (QED) is 0.629. The highest BCUT2D eigenvalue weighted by Gasteiger charge is 2.30. The van der Waals surface area contributed by atoms with Gasteiger partial charge < -0.3 is 15.4 Å². The Kier molecular flexibility index (Phi) is 6.32. The first-order chi connectivity index (χ1) is 15.7. The highest BCUT2D eigenvalue weighted by molar-refractivity contribution is 5.96. The molecule has 11 heteroatoms. The molecule has 0 unspecified atom stereocenters. The van der Waals surface area contributed by atoms with Crippen molar-refractivity contribution in [1.29, 1.82) is 0 Å². The number of hydrogen-bond donors (Lipinski definition) is 1. The van der Waals surface area contributed by atoms with Crippen molar-refractivity contribution in [3.05, 3.63) is 59.0 Å². The van der Waals surface area contributed by atoms with Crippen LogP contribution in [0.5, 0.6) is 0 Å². The summed E-state index contributed by atoms with van der Waals surface area (Å²) >= 11 is 0. The Morgan fingerprint density at radius 1 is 1.15 bits per heavy atom. The molecule has 0 bridgehead atoms. The first-order valence-electron chi connectivity index (χ1n) is 10.4. The molecule has 8 nitrogen and oxygen atoms in total. The van der Waals surface area contributed by atoms with Gasteiger partial charge in [0.15, 0.2) is 0 Å². The fourth-order valence-electron chi connectivity index (χ4n) is 3.81. The third-order valence-corrected chi connectivity index (χ3v) is 5.35. The van der Waals surface area contributed by atoms with Crippen molar-refractivity contribution in [1.82, 2.24) is 19.7 Å². The summed E-state index contributed by atoms with van der Waals surface area (Å²) in [6, 6.07) is 7.85. The Labute approximate surface area is 187 Å². The molecule has 1 aliphatic rings. The van der Waals surface area contributed by atoms with Crippen molar-refractivity contribution >= 4 is 22.7 Å². The average Bonchev–Trinajstić information content (AvgIpc) is 2.94. The minimum atomic E-state index is -4.50. The van der Waals surface area contributed by atoms with Crippen LogP contribution < -0.4 is 5.73 Å². The second-order valence-electron chi connectivity index (χ2n) is 7.81. The summed E-state index contributed by atoms with van der Waals surface area (Å²) < 4.78 is 45.9. The summed E-state index contributed by atoms with van der Waals surface area (Å²) in [7, 11) is 0. The van der Waals surface area contributed by atoms with Crippen LogP contribution in [0.4, 0.5) is 13.2 Å². The molecular formula is C22H22F3N5O3. The van der Waals surface area contributed by atoms with E-state index in [9.17, 15) is 22.8 Å². The van der Waals surface area contributed by atoms with E-state index in [2.05, 4.69) is 10.1 Å². The van der Waals surface area contributed by atoms with Crippen molar-refractivity contribution in [2.45, 2.75) is 25.6 Å². The van der Waals surface area contributed by atoms with Gasteiger partial charge in [0.05, 0.1) is 17.8 Å². The third-order valence-electron chi connectivity index (χ3n) is 5.35. The van der Waals surface area contributed by atoms with Gasteiger partial charge in [0.1, 0.15) is 12.2 Å². The maximum absolute atomic E-state index is 13.2. The number of pyridine rings is 1. The first kappa shape index (κ1) is 22.7. The molecule has 3 heterocycles. The lowest BCUT2D eigenvalue weighted by atomic mass is 10.0. The van der Waals surface area contributed by atoms with Gasteiger partial charge in [0, 0.05) is 43.3 Å². The number of rotatable bonds is 5. The van der Waals surface area contributed by atoms with Gasteiger partial charge in [-0.2, -0.15) is 18.3 Å². The lowest BCUT2D eigenvalue weighted by Crippen LogP contribution is -2.33. The minimum Gasteiger partial charge on any atom is -0.380 e. The number of hydrogen-bond acceptors (Lipinski definition) is 5. The number of carbonyl (C=O) groups excluding carboxylic acids is 2. The molecule has 1 aromatic carbocycles. The number of benzene rings is 1. The van der Waals surface area contributed by atoms with Crippen LogP contribution in [-0.4, -0.2) is 64.0 Å². The largest absolute Gasteiger partial charge is 0.408 e. The highest BCUT2D eigenvalue weighted by atomic mass is 19.4. The lowest BCUT2D eigenvalue weighted by molar-refractivity contribution is -0.141. The van der Waals surface area contributed by atoms with Crippen LogP contribution in [0, 0.1) is 0 Å². The van der Waals surface area contributed by atoms with E-state index in [1.54, 1.807) is 29.2 Å². The molecule has 0 aliphatic carbocycles. The molecule has 0 spiro atoms. The van der Waals surface area contributed by atoms with E-state index in [-0.39, 0.29) is 23.5 Å². The van der Waals surface area contributed by atoms with Crippen molar-refractivity contribution in [2.24, 2.45) is 5.73 Å². The Hall–Kier alpha value is -3.47. The molecule has 2 aromatic heterocycles. The van der Waals surface area contributed by atoms with E-state index < -0.39 is 18.6 Å². The highest BCUT2D eigenvalue weighted by Crippen LogP contribution is 2.26. The molecule has 1 saturated heterocycles. The predicted molar refractivity (Wildman–Crippen MR) is 113 cm³/mol. The zero-order chi connectivity index (χ0) is 23.6. The van der Waals surface area contributed by atoms with Gasteiger partial charge in [-0.05, 0) is 30.2 Å². The molecule has 0 radical (unpaired) electrons. The molecule has 1 aliphatic heterocycles. The van der Waals surface area contributed by atoms with Crippen molar-refractivity contribution in [2.75, 3.05) is 26.3 Å². The number of primary amides is 1. The minimum absolute atomic E-state index is 0.0509. The van der Waals surface area contributed by atoms with E-state index >= 15 is 0 Å². The second-order valence-corrected chi connectivity index (χ2v) is 7.81. The maximum atomic E-state index is 13.2. The molecule has 0 atom stereocenters. The molecule has 2 amide bonds. The molecule has 3 aromatic rings. The number of ether oxygens (including phenoxy) is 1. The van der Waals surface area contributed by atoms with E-state index in [4.69, 9.17) is 10.5 Å². The van der Waals surface area contributed by atoms with Crippen LogP contribution in [-0.2, 0) is 17.7 Å². The van der Waals surface area contributed by atoms with Crippen LogP contribution in [0.1, 0.15) is 38.5 Å². The third kappa shape index (κ3) is 5.30. The van der Waals surface area contributed by atoms with Gasteiger partial charge in [-0.25, -0.2) is 0 Å². The summed E-state index contributed by atoms with van der Waals surface area (Å²) in [5.41, 5.74) is 6.84. The van der Waals surface area contributed by atoms with Gasteiger partial charge in [-0.3, -0.25) is 19.3 Å². The van der Waals surface area contributed by atoms with Crippen LogP contribution in [0.2, 0.25) is 0 Å². The number of fused-ring (bicyclic) bond motifs is 1. The number of nitrogens with two attached hydrogens (primary N) is 1. The topological polar surface area (TPSA) is 103 Å². The predicted octanol–water partition coefficient (Wildman–Crippen LogP) is 2.55. The number of alkyl halides is 3. The SMILES string of the molecule is NC(=O)c1cccc(Cc2nn(CC(F)(F)F)c3cc(C(=O)N4CCCOCC4)ncc23)c1. The van der Waals surface area contributed by atoms with E-state index in [1.807, 2.05) is 0 Å². The fourth-order valence-corrected chi connectivity index (χ4v) is 3.81. The smallest absolute Gasteiger partial charge is 0.380 e. The summed E-state index contributed by atoms with van der Waals surface area (Å²) in [5.74, 6) is -0.967. The average molecular weight is 461 g/mol. The van der Waals surface area contributed by atoms with Crippen molar-refractivity contribution < 1.29 is 27.5 Å². The van der Waals surface area contributed by atoms with Gasteiger partial charge in [-0.15, -0.1) is 0 Å². The molecule has 4 rings (SSSR count). The molecule has 2 N–H and O–H groups in total. The standard InChI is InChI=1S/C22H22F3N5O3/c23-22(24,25)13-30-19-11-18(21(32)29-5-2-7-33-8-6-29)27-12-16(19)17(28-30)10-14-3-1-4-15(9-14)20(26)31/h1,3-4,9,11-12H,2,5-8,10,13H2,(H2,26,31). The van der Waals surface area contributed by atoms with Gasteiger partial charge in [0.25, 0.3) is 5.91 Å². The number of amides is 2. The Balaban J connectivity index is 1.71. The number of nitrogens with zero attached hydrogens (tertiary/aromatic N) is 4. The zero-order valence-corrected chi connectivity index (χ0v) is 17.6. The Bertz CT molecular complexity index is 1180. The number of carbonyl (C=O) groups is 2. The van der Waals surface area contributed by atoms with E-state index in [1.165, 1.54) is 12.3 Å². The number of halogens is 3. The van der Waals surface area contributed by atoms with Crippen LogP contribution >= 0.6 is 0 Å². The first-order valence-corrected chi connectivity index (χ1v) is 10.4. The van der Waals surface area contributed by atoms with Crippen LogP contribution in [0.3, 0.4) is 0 Å². The van der Waals surface area contributed by atoms with Gasteiger partial charge in [0.2, 0.25) is 5.91 Å².